The van der Waals surface area contributed by atoms with Crippen molar-refractivity contribution in [3.8, 4) is 5.75 Å². The van der Waals surface area contributed by atoms with Crippen LogP contribution in [-0.2, 0) is 9.59 Å². The van der Waals surface area contributed by atoms with E-state index in [1.165, 1.54) is 11.8 Å². The van der Waals surface area contributed by atoms with E-state index >= 15 is 0 Å². The summed E-state index contributed by atoms with van der Waals surface area (Å²) in [6.45, 7) is 2.47. The van der Waals surface area contributed by atoms with Gasteiger partial charge in [0.25, 0.3) is 0 Å². The first-order valence-electron chi connectivity index (χ1n) is 6.34. The summed E-state index contributed by atoms with van der Waals surface area (Å²) in [5.41, 5.74) is 0. The highest BCUT2D eigenvalue weighted by atomic mass is 32.2. The number of carboxylic acids is 1. The molecule has 0 saturated heterocycles. The Morgan fingerprint density at radius 2 is 2.05 bits per heavy atom. The van der Waals surface area contributed by atoms with Gasteiger partial charge in [-0.05, 0) is 12.1 Å². The summed E-state index contributed by atoms with van der Waals surface area (Å²) in [5, 5.41) is 11.4. The number of para-hydroxylation sites is 1. The molecule has 1 aromatic carbocycles. The molecule has 1 atom stereocenters. The Labute approximate surface area is 122 Å². The van der Waals surface area contributed by atoms with Crippen LogP contribution in [0.3, 0.4) is 0 Å². The van der Waals surface area contributed by atoms with Crippen LogP contribution in [0.25, 0.3) is 0 Å². The van der Waals surface area contributed by atoms with Gasteiger partial charge in [0.1, 0.15) is 12.4 Å². The molecule has 0 heterocycles. The molecule has 1 rings (SSSR count). The minimum atomic E-state index is -0.839. The third-order valence-electron chi connectivity index (χ3n) is 2.46. The van der Waals surface area contributed by atoms with Crippen LogP contribution in [0.4, 0.5) is 0 Å². The van der Waals surface area contributed by atoms with Gasteiger partial charge in [-0.3, -0.25) is 9.59 Å². The quantitative estimate of drug-likeness (QED) is 0.678. The topological polar surface area (TPSA) is 75.6 Å². The summed E-state index contributed by atoms with van der Waals surface area (Å²) in [4.78, 5) is 22.1. The Kier molecular flexibility index (Phi) is 7.57. The first-order chi connectivity index (χ1) is 9.59. The lowest BCUT2D eigenvalue weighted by atomic mass is 10.2. The van der Waals surface area contributed by atoms with Gasteiger partial charge in [-0.25, -0.2) is 0 Å². The zero-order chi connectivity index (χ0) is 14.8. The summed E-state index contributed by atoms with van der Waals surface area (Å²) in [5.74, 6) is 0.0886. The Morgan fingerprint density at radius 3 is 2.70 bits per heavy atom. The maximum atomic E-state index is 11.5. The van der Waals surface area contributed by atoms with Crippen LogP contribution in [0, 0.1) is 5.92 Å². The molecule has 1 unspecified atom stereocenters. The van der Waals surface area contributed by atoms with E-state index in [1.54, 1.807) is 6.92 Å². The van der Waals surface area contributed by atoms with Crippen molar-refractivity contribution in [2.45, 2.75) is 6.92 Å². The smallest absolute Gasteiger partial charge is 0.307 e. The maximum absolute atomic E-state index is 11.5. The van der Waals surface area contributed by atoms with E-state index in [0.29, 0.717) is 18.9 Å². The molecule has 2 N–H and O–H groups in total. The van der Waals surface area contributed by atoms with Crippen LogP contribution in [0.5, 0.6) is 5.75 Å². The monoisotopic (exact) mass is 297 g/mol. The van der Waals surface area contributed by atoms with Crippen molar-refractivity contribution in [3.63, 3.8) is 0 Å². The maximum Gasteiger partial charge on any atom is 0.307 e. The fourth-order valence-corrected chi connectivity index (χ4v) is 2.23. The standard InChI is InChI=1S/C14H19NO4S/c1-11(14(17)18)9-20-10-13(16)15-7-8-19-12-5-3-2-4-6-12/h2-6,11H,7-10H2,1H3,(H,15,16)(H,17,18). The van der Waals surface area contributed by atoms with Crippen molar-refractivity contribution >= 4 is 23.6 Å². The first kappa shape index (κ1) is 16.4. The third kappa shape index (κ3) is 7.04. The lowest BCUT2D eigenvalue weighted by Gasteiger charge is -2.08. The van der Waals surface area contributed by atoms with Crippen molar-refractivity contribution in [3.05, 3.63) is 30.3 Å². The molecule has 0 fully saturated rings. The summed E-state index contributed by atoms with van der Waals surface area (Å²) in [7, 11) is 0. The SMILES string of the molecule is CC(CSCC(=O)NCCOc1ccccc1)C(=O)O. The Bertz CT molecular complexity index is 424. The zero-order valence-electron chi connectivity index (χ0n) is 11.4. The molecule has 0 saturated carbocycles. The van der Waals surface area contributed by atoms with Crippen LogP contribution in [0.2, 0.25) is 0 Å². The molecule has 0 aliphatic carbocycles. The lowest BCUT2D eigenvalue weighted by molar-refractivity contribution is -0.140. The highest BCUT2D eigenvalue weighted by molar-refractivity contribution is 7.99. The van der Waals surface area contributed by atoms with E-state index in [-0.39, 0.29) is 11.7 Å². The van der Waals surface area contributed by atoms with E-state index in [9.17, 15) is 9.59 Å². The fraction of sp³-hybridized carbons (Fsp3) is 0.429. The Balaban J connectivity index is 2.04. The predicted octanol–water partition coefficient (Wildman–Crippen LogP) is 1.64. The van der Waals surface area contributed by atoms with E-state index in [2.05, 4.69) is 5.32 Å². The van der Waals surface area contributed by atoms with Gasteiger partial charge < -0.3 is 15.2 Å². The number of nitrogens with one attached hydrogen (secondary N) is 1. The van der Waals surface area contributed by atoms with Crippen LogP contribution in [0.15, 0.2) is 30.3 Å². The van der Waals surface area contributed by atoms with E-state index in [4.69, 9.17) is 9.84 Å². The highest BCUT2D eigenvalue weighted by Crippen LogP contribution is 2.08. The molecule has 110 valence electrons. The Morgan fingerprint density at radius 1 is 1.35 bits per heavy atom. The number of aliphatic carboxylic acids is 1. The average molecular weight is 297 g/mol. The molecule has 0 bridgehead atoms. The second kappa shape index (κ2) is 9.25. The van der Waals surface area contributed by atoms with Crippen molar-refractivity contribution in [1.29, 1.82) is 0 Å². The minimum absolute atomic E-state index is 0.107. The summed E-state index contributed by atoms with van der Waals surface area (Å²) < 4.78 is 5.43. The average Bonchev–Trinajstić information content (AvgIpc) is 2.44. The second-order valence-electron chi connectivity index (χ2n) is 4.27. The van der Waals surface area contributed by atoms with E-state index in [0.717, 1.165) is 5.75 Å². The predicted molar refractivity (Wildman–Crippen MR) is 79.1 cm³/mol. The fourth-order valence-electron chi connectivity index (χ4n) is 1.33. The van der Waals surface area contributed by atoms with Gasteiger partial charge in [-0.2, -0.15) is 11.8 Å². The molecular weight excluding hydrogens is 278 g/mol. The number of carbonyl (C=O) groups excluding carboxylic acids is 1. The molecule has 0 aromatic heterocycles. The lowest BCUT2D eigenvalue weighted by Crippen LogP contribution is -2.29. The van der Waals surface area contributed by atoms with Gasteiger partial charge in [-0.15, -0.1) is 0 Å². The molecule has 1 aromatic rings. The Hall–Kier alpha value is -1.69. The number of hydrogen-bond donors (Lipinski definition) is 2. The summed E-state index contributed by atoms with van der Waals surface area (Å²) in [6.07, 6.45) is 0. The number of amides is 1. The molecule has 0 aliphatic rings. The largest absolute Gasteiger partial charge is 0.492 e. The normalized spacial score (nSPS) is 11.7. The highest BCUT2D eigenvalue weighted by Gasteiger charge is 2.11. The number of ether oxygens (including phenoxy) is 1. The molecule has 20 heavy (non-hydrogen) atoms. The number of rotatable bonds is 9. The van der Waals surface area contributed by atoms with E-state index in [1.807, 2.05) is 30.3 Å². The third-order valence-corrected chi connectivity index (χ3v) is 3.66. The van der Waals surface area contributed by atoms with Crippen molar-refractivity contribution < 1.29 is 19.4 Å². The van der Waals surface area contributed by atoms with Crippen LogP contribution < -0.4 is 10.1 Å². The van der Waals surface area contributed by atoms with Gasteiger partial charge in [0.05, 0.1) is 18.2 Å². The summed E-state index contributed by atoms with van der Waals surface area (Å²) in [6, 6.07) is 9.38. The van der Waals surface area contributed by atoms with Gasteiger partial charge in [0, 0.05) is 5.75 Å². The van der Waals surface area contributed by atoms with Gasteiger partial charge >= 0.3 is 5.97 Å². The zero-order valence-corrected chi connectivity index (χ0v) is 12.2. The molecular formula is C14H19NO4S. The van der Waals surface area contributed by atoms with E-state index < -0.39 is 11.9 Å². The molecule has 0 radical (unpaired) electrons. The summed E-state index contributed by atoms with van der Waals surface area (Å²) >= 11 is 1.32. The number of carboxylic acid groups (broad SMARTS) is 1. The van der Waals surface area contributed by atoms with Gasteiger partial charge in [0.2, 0.25) is 5.91 Å². The minimum Gasteiger partial charge on any atom is -0.492 e. The van der Waals surface area contributed by atoms with Crippen molar-refractivity contribution in [2.24, 2.45) is 5.92 Å². The first-order valence-corrected chi connectivity index (χ1v) is 7.50. The van der Waals surface area contributed by atoms with Crippen LogP contribution >= 0.6 is 11.8 Å². The van der Waals surface area contributed by atoms with Crippen LogP contribution in [-0.4, -0.2) is 41.6 Å². The molecule has 1 amide bonds. The molecule has 5 nitrogen and oxygen atoms in total. The molecule has 0 spiro atoms. The molecule has 6 heteroatoms. The van der Waals surface area contributed by atoms with Crippen molar-refractivity contribution in [1.82, 2.24) is 5.32 Å². The second-order valence-corrected chi connectivity index (χ2v) is 5.30. The molecule has 0 aliphatic heterocycles. The number of thioether (sulfide) groups is 1. The number of hydrogen-bond acceptors (Lipinski definition) is 4. The number of carbonyl (C=O) groups is 2. The van der Waals surface area contributed by atoms with Crippen LogP contribution in [0.1, 0.15) is 6.92 Å². The number of benzene rings is 1. The van der Waals surface area contributed by atoms with Gasteiger partial charge in [0.15, 0.2) is 0 Å². The van der Waals surface area contributed by atoms with Crippen molar-refractivity contribution in [2.75, 3.05) is 24.7 Å². The van der Waals surface area contributed by atoms with Gasteiger partial charge in [-0.1, -0.05) is 25.1 Å².